The molecule has 0 aromatic rings. The summed E-state index contributed by atoms with van der Waals surface area (Å²) in [6.07, 6.45) is 2.31. The second kappa shape index (κ2) is 5.25. The van der Waals surface area contributed by atoms with E-state index in [2.05, 4.69) is 31.0 Å². The van der Waals surface area contributed by atoms with E-state index in [-0.39, 0.29) is 6.03 Å². The van der Waals surface area contributed by atoms with Gasteiger partial charge in [-0.1, -0.05) is 6.92 Å². The second-order valence-electron chi connectivity index (χ2n) is 5.72. The number of nitrogens with zero attached hydrogens (tertiary/aromatic N) is 2. The van der Waals surface area contributed by atoms with Crippen molar-refractivity contribution in [2.24, 2.45) is 5.92 Å². The lowest BCUT2D eigenvalue weighted by Gasteiger charge is -2.43. The number of nitrogens with one attached hydrogen (secondary N) is 1. The van der Waals surface area contributed by atoms with Crippen LogP contribution in [0.2, 0.25) is 0 Å². The van der Waals surface area contributed by atoms with Crippen LogP contribution in [0.3, 0.4) is 0 Å². The summed E-state index contributed by atoms with van der Waals surface area (Å²) in [5.74, 6) is 0.775. The minimum absolute atomic E-state index is 0.249. The molecule has 2 saturated heterocycles. The van der Waals surface area contributed by atoms with Crippen LogP contribution in [0.4, 0.5) is 4.79 Å². The van der Waals surface area contributed by atoms with E-state index < -0.39 is 0 Å². The van der Waals surface area contributed by atoms with Gasteiger partial charge >= 0.3 is 6.03 Å². The van der Waals surface area contributed by atoms with Crippen molar-refractivity contribution in [2.45, 2.75) is 45.7 Å². The van der Waals surface area contributed by atoms with E-state index in [0.29, 0.717) is 12.1 Å². The SMILES string of the molecule is CC1CCN(C(=O)N2C(C)CNCC2C)CC1. The van der Waals surface area contributed by atoms with Gasteiger partial charge in [0.1, 0.15) is 0 Å². The van der Waals surface area contributed by atoms with Crippen molar-refractivity contribution in [3.63, 3.8) is 0 Å². The van der Waals surface area contributed by atoms with Crippen LogP contribution in [-0.2, 0) is 0 Å². The van der Waals surface area contributed by atoms with Gasteiger partial charge in [0.05, 0.1) is 0 Å². The molecule has 2 unspecified atom stereocenters. The van der Waals surface area contributed by atoms with E-state index in [1.54, 1.807) is 0 Å². The van der Waals surface area contributed by atoms with Gasteiger partial charge in [-0.25, -0.2) is 4.79 Å². The lowest BCUT2D eigenvalue weighted by Crippen LogP contribution is -2.60. The lowest BCUT2D eigenvalue weighted by atomic mass is 9.99. The Morgan fingerprint density at radius 2 is 1.59 bits per heavy atom. The number of hydrogen-bond acceptors (Lipinski definition) is 2. The molecule has 2 fully saturated rings. The summed E-state index contributed by atoms with van der Waals surface area (Å²) in [5.41, 5.74) is 0. The summed E-state index contributed by atoms with van der Waals surface area (Å²) in [6, 6.07) is 0.870. The first kappa shape index (κ1) is 12.7. The summed E-state index contributed by atoms with van der Waals surface area (Å²) >= 11 is 0. The van der Waals surface area contributed by atoms with Crippen molar-refractivity contribution in [2.75, 3.05) is 26.2 Å². The van der Waals surface area contributed by atoms with Crippen LogP contribution >= 0.6 is 0 Å². The Labute approximate surface area is 104 Å². The normalized spacial score (nSPS) is 31.7. The average Bonchev–Trinajstić information content (AvgIpc) is 2.29. The first-order valence-electron chi connectivity index (χ1n) is 6.87. The summed E-state index contributed by atoms with van der Waals surface area (Å²) in [6.45, 7) is 10.2. The summed E-state index contributed by atoms with van der Waals surface area (Å²) in [5, 5.41) is 3.37. The van der Waals surface area contributed by atoms with E-state index >= 15 is 0 Å². The number of likely N-dealkylation sites (tertiary alicyclic amines) is 1. The zero-order chi connectivity index (χ0) is 12.4. The zero-order valence-corrected chi connectivity index (χ0v) is 11.3. The monoisotopic (exact) mass is 239 g/mol. The molecule has 17 heavy (non-hydrogen) atoms. The van der Waals surface area contributed by atoms with E-state index in [1.807, 2.05) is 4.90 Å². The van der Waals surface area contributed by atoms with Crippen LogP contribution in [0.5, 0.6) is 0 Å². The number of amides is 2. The van der Waals surface area contributed by atoms with Crippen molar-refractivity contribution in [1.82, 2.24) is 15.1 Å². The van der Waals surface area contributed by atoms with Crippen LogP contribution in [0.15, 0.2) is 0 Å². The van der Waals surface area contributed by atoms with Crippen LogP contribution in [-0.4, -0.2) is 54.1 Å². The third-order valence-corrected chi connectivity index (χ3v) is 4.10. The number of rotatable bonds is 0. The van der Waals surface area contributed by atoms with Gasteiger partial charge in [-0.05, 0) is 32.6 Å². The van der Waals surface area contributed by atoms with Crippen LogP contribution in [0, 0.1) is 5.92 Å². The molecule has 0 bridgehead atoms. The van der Waals surface area contributed by atoms with E-state index in [1.165, 1.54) is 0 Å². The molecular weight excluding hydrogens is 214 g/mol. The fourth-order valence-electron chi connectivity index (χ4n) is 2.87. The van der Waals surface area contributed by atoms with Crippen LogP contribution < -0.4 is 5.32 Å². The van der Waals surface area contributed by atoms with Gasteiger partial charge in [-0.3, -0.25) is 0 Å². The minimum Gasteiger partial charge on any atom is -0.325 e. The molecule has 4 nitrogen and oxygen atoms in total. The molecule has 2 rings (SSSR count). The fraction of sp³-hybridized carbons (Fsp3) is 0.923. The molecule has 0 aromatic carbocycles. The highest BCUT2D eigenvalue weighted by Crippen LogP contribution is 2.20. The first-order chi connectivity index (χ1) is 8.09. The Balaban J connectivity index is 1.98. The zero-order valence-electron chi connectivity index (χ0n) is 11.3. The molecule has 2 atom stereocenters. The van der Waals surface area contributed by atoms with Gasteiger partial charge in [-0.15, -0.1) is 0 Å². The minimum atomic E-state index is 0.249. The van der Waals surface area contributed by atoms with Crippen LogP contribution in [0.25, 0.3) is 0 Å². The highest BCUT2D eigenvalue weighted by Gasteiger charge is 2.32. The Morgan fingerprint density at radius 3 is 2.12 bits per heavy atom. The molecule has 0 saturated carbocycles. The number of piperidine rings is 1. The molecule has 2 heterocycles. The van der Waals surface area contributed by atoms with E-state index in [4.69, 9.17) is 0 Å². The standard InChI is InChI=1S/C13H25N3O/c1-10-4-6-15(7-5-10)13(17)16-11(2)8-14-9-12(16)3/h10-12,14H,4-9H2,1-3H3. The van der Waals surface area contributed by atoms with E-state index in [9.17, 15) is 4.79 Å². The maximum atomic E-state index is 12.5. The molecule has 0 aliphatic carbocycles. The van der Waals surface area contributed by atoms with Gasteiger partial charge in [-0.2, -0.15) is 0 Å². The number of carbonyl (C=O) groups is 1. The Bertz CT molecular complexity index is 264. The summed E-state index contributed by atoms with van der Waals surface area (Å²) < 4.78 is 0. The molecule has 2 aliphatic heterocycles. The van der Waals surface area contributed by atoms with Crippen LogP contribution in [0.1, 0.15) is 33.6 Å². The number of hydrogen-bond donors (Lipinski definition) is 1. The topological polar surface area (TPSA) is 35.6 Å². The van der Waals surface area contributed by atoms with Crippen molar-refractivity contribution >= 4 is 6.03 Å². The molecule has 0 aromatic heterocycles. The van der Waals surface area contributed by atoms with Gasteiger partial charge in [0, 0.05) is 38.3 Å². The van der Waals surface area contributed by atoms with Gasteiger partial charge in [0.15, 0.2) is 0 Å². The lowest BCUT2D eigenvalue weighted by molar-refractivity contribution is 0.0891. The number of piperazine rings is 1. The van der Waals surface area contributed by atoms with Crippen molar-refractivity contribution < 1.29 is 4.79 Å². The maximum absolute atomic E-state index is 12.5. The molecule has 1 N–H and O–H groups in total. The molecule has 2 amide bonds. The predicted molar refractivity (Wildman–Crippen MR) is 69.0 cm³/mol. The Hall–Kier alpha value is -0.770. The molecule has 0 spiro atoms. The number of urea groups is 1. The Morgan fingerprint density at radius 1 is 1.06 bits per heavy atom. The van der Waals surface area contributed by atoms with Crippen molar-refractivity contribution in [3.8, 4) is 0 Å². The highest BCUT2D eigenvalue weighted by molar-refractivity contribution is 5.75. The summed E-state index contributed by atoms with van der Waals surface area (Å²) in [7, 11) is 0. The number of carbonyl (C=O) groups excluding carboxylic acids is 1. The smallest absolute Gasteiger partial charge is 0.320 e. The Kier molecular flexibility index (Phi) is 3.92. The maximum Gasteiger partial charge on any atom is 0.320 e. The molecular formula is C13H25N3O. The van der Waals surface area contributed by atoms with Gasteiger partial charge in [0.2, 0.25) is 0 Å². The molecule has 2 aliphatic rings. The van der Waals surface area contributed by atoms with Gasteiger partial charge < -0.3 is 15.1 Å². The summed E-state index contributed by atoms with van der Waals surface area (Å²) in [4.78, 5) is 16.6. The van der Waals surface area contributed by atoms with Crippen molar-refractivity contribution in [3.05, 3.63) is 0 Å². The quantitative estimate of drug-likeness (QED) is 0.695. The molecule has 0 radical (unpaired) electrons. The van der Waals surface area contributed by atoms with Gasteiger partial charge in [0.25, 0.3) is 0 Å². The predicted octanol–water partition coefficient (Wildman–Crippen LogP) is 1.52. The first-order valence-corrected chi connectivity index (χ1v) is 6.87. The highest BCUT2D eigenvalue weighted by atomic mass is 16.2. The average molecular weight is 239 g/mol. The fourth-order valence-corrected chi connectivity index (χ4v) is 2.87. The second-order valence-corrected chi connectivity index (χ2v) is 5.72. The third kappa shape index (κ3) is 2.73. The third-order valence-electron chi connectivity index (χ3n) is 4.10. The van der Waals surface area contributed by atoms with E-state index in [0.717, 1.165) is 44.9 Å². The largest absolute Gasteiger partial charge is 0.325 e. The molecule has 98 valence electrons. The van der Waals surface area contributed by atoms with Crippen molar-refractivity contribution in [1.29, 1.82) is 0 Å². The molecule has 4 heteroatoms.